The summed E-state index contributed by atoms with van der Waals surface area (Å²) in [5.41, 5.74) is 1.96. The number of rotatable bonds is 4. The van der Waals surface area contributed by atoms with Crippen LogP contribution in [0.15, 0.2) is 23.8 Å². The minimum absolute atomic E-state index is 0.191. The van der Waals surface area contributed by atoms with Gasteiger partial charge in [0.2, 0.25) is 0 Å². The van der Waals surface area contributed by atoms with Crippen molar-refractivity contribution in [2.45, 2.75) is 6.54 Å². The molecule has 2 heterocycles. The van der Waals surface area contributed by atoms with Crippen LogP contribution in [0.2, 0.25) is 0 Å². The van der Waals surface area contributed by atoms with Crippen LogP contribution in [0.1, 0.15) is 15.4 Å². The lowest BCUT2D eigenvalue weighted by molar-refractivity contribution is 0.0593. The fourth-order valence-electron chi connectivity index (χ4n) is 1.15. The molecule has 0 saturated heterocycles. The Morgan fingerprint density at radius 1 is 1.47 bits per heavy atom. The van der Waals surface area contributed by atoms with Crippen LogP contribution in [-0.2, 0) is 11.3 Å². The predicted octanol–water partition coefficient (Wildman–Crippen LogP) is 1.33. The van der Waals surface area contributed by atoms with E-state index in [1.165, 1.54) is 7.11 Å². The number of methoxy groups -OCH3 is 1. The van der Waals surface area contributed by atoms with E-state index in [9.17, 15) is 4.79 Å². The van der Waals surface area contributed by atoms with Gasteiger partial charge in [-0.15, -0.1) is 21.5 Å². The van der Waals surface area contributed by atoms with Gasteiger partial charge < -0.3 is 10.1 Å². The fourth-order valence-corrected chi connectivity index (χ4v) is 1.68. The number of carbonyl (C=O) groups is 1. The summed E-state index contributed by atoms with van der Waals surface area (Å²) in [6.45, 7) is 0.636. The van der Waals surface area contributed by atoms with Crippen molar-refractivity contribution in [2.24, 2.45) is 0 Å². The average molecular weight is 250 g/mol. The Bertz CT molecular complexity index is 484. The smallest absolute Gasteiger partial charge is 0.358 e. The maximum Gasteiger partial charge on any atom is 0.358 e. The molecule has 6 nitrogen and oxygen atoms in total. The number of carbonyl (C=O) groups excluding carboxylic acids is 1. The predicted molar refractivity (Wildman–Crippen MR) is 62.8 cm³/mol. The van der Waals surface area contributed by atoms with E-state index in [-0.39, 0.29) is 5.69 Å². The van der Waals surface area contributed by atoms with Gasteiger partial charge in [-0.3, -0.25) is 4.98 Å². The summed E-state index contributed by atoms with van der Waals surface area (Å²) in [6, 6.07) is 3.24. The normalized spacial score (nSPS) is 9.94. The molecule has 0 aromatic carbocycles. The number of ether oxygens (including phenoxy) is 1. The molecule has 0 aliphatic rings. The molecule has 7 heteroatoms. The van der Waals surface area contributed by atoms with E-state index < -0.39 is 5.97 Å². The van der Waals surface area contributed by atoms with E-state index in [0.717, 1.165) is 4.88 Å². The number of nitrogens with zero attached hydrogens (tertiary/aromatic N) is 3. The standard InChI is InChI=1S/C10H10N4O2S/c1-16-10(15)8-2-3-9(14-13-8)12-5-7-4-11-6-17-7/h2-4,6H,5H2,1H3,(H,12,14). The molecule has 0 amide bonds. The first-order valence-electron chi connectivity index (χ1n) is 4.83. The van der Waals surface area contributed by atoms with Crippen LogP contribution in [0.4, 0.5) is 5.82 Å². The van der Waals surface area contributed by atoms with E-state index in [2.05, 4.69) is 25.2 Å². The van der Waals surface area contributed by atoms with E-state index in [0.29, 0.717) is 12.4 Å². The van der Waals surface area contributed by atoms with E-state index >= 15 is 0 Å². The topological polar surface area (TPSA) is 77.0 Å². The highest BCUT2D eigenvalue weighted by atomic mass is 32.1. The Labute approximate surface area is 102 Å². The minimum atomic E-state index is -0.494. The number of aromatic nitrogens is 3. The number of nitrogens with one attached hydrogen (secondary N) is 1. The molecule has 0 fully saturated rings. The molecule has 0 atom stereocenters. The molecule has 0 radical (unpaired) electrons. The highest BCUT2D eigenvalue weighted by Crippen LogP contribution is 2.09. The van der Waals surface area contributed by atoms with Crippen molar-refractivity contribution < 1.29 is 9.53 Å². The second kappa shape index (κ2) is 5.35. The van der Waals surface area contributed by atoms with Gasteiger partial charge in [0.15, 0.2) is 5.69 Å². The van der Waals surface area contributed by atoms with Gasteiger partial charge in [-0.2, -0.15) is 0 Å². The van der Waals surface area contributed by atoms with Crippen LogP contribution < -0.4 is 5.32 Å². The van der Waals surface area contributed by atoms with Gasteiger partial charge in [0, 0.05) is 11.1 Å². The van der Waals surface area contributed by atoms with Crippen molar-refractivity contribution in [1.82, 2.24) is 15.2 Å². The lowest BCUT2D eigenvalue weighted by Gasteiger charge is -2.03. The van der Waals surface area contributed by atoms with Gasteiger partial charge in [0.1, 0.15) is 5.82 Å². The Kier molecular flexibility index (Phi) is 3.61. The van der Waals surface area contributed by atoms with Crippen LogP contribution in [0.5, 0.6) is 0 Å². The van der Waals surface area contributed by atoms with Crippen molar-refractivity contribution >= 4 is 23.1 Å². The third-order valence-corrected chi connectivity index (χ3v) is 2.77. The van der Waals surface area contributed by atoms with Crippen LogP contribution in [0.3, 0.4) is 0 Å². The first kappa shape index (κ1) is 11.5. The van der Waals surface area contributed by atoms with Gasteiger partial charge in [-0.05, 0) is 12.1 Å². The van der Waals surface area contributed by atoms with Gasteiger partial charge in [-0.25, -0.2) is 4.79 Å². The Morgan fingerprint density at radius 3 is 2.94 bits per heavy atom. The quantitative estimate of drug-likeness (QED) is 0.825. The molecular formula is C10H10N4O2S. The van der Waals surface area contributed by atoms with Crippen molar-refractivity contribution in [2.75, 3.05) is 12.4 Å². The first-order chi connectivity index (χ1) is 8.29. The Morgan fingerprint density at radius 2 is 2.35 bits per heavy atom. The largest absolute Gasteiger partial charge is 0.464 e. The van der Waals surface area contributed by atoms with E-state index in [1.54, 1.807) is 35.2 Å². The Balaban J connectivity index is 1.96. The summed E-state index contributed by atoms with van der Waals surface area (Å²) in [5, 5.41) is 10.7. The molecular weight excluding hydrogens is 240 g/mol. The molecule has 2 rings (SSSR count). The first-order valence-corrected chi connectivity index (χ1v) is 5.71. The number of hydrogen-bond donors (Lipinski definition) is 1. The number of anilines is 1. The molecule has 1 N–H and O–H groups in total. The molecule has 88 valence electrons. The molecule has 0 bridgehead atoms. The molecule has 0 spiro atoms. The van der Waals surface area contributed by atoms with Gasteiger partial charge in [0.05, 0.1) is 19.2 Å². The summed E-state index contributed by atoms with van der Waals surface area (Å²) in [7, 11) is 1.31. The maximum atomic E-state index is 11.1. The maximum absolute atomic E-state index is 11.1. The molecule has 0 aliphatic carbocycles. The monoisotopic (exact) mass is 250 g/mol. The molecule has 2 aromatic rings. The molecule has 0 aliphatic heterocycles. The van der Waals surface area contributed by atoms with Gasteiger partial charge >= 0.3 is 5.97 Å². The number of hydrogen-bond acceptors (Lipinski definition) is 7. The van der Waals surface area contributed by atoms with Crippen LogP contribution in [0.25, 0.3) is 0 Å². The van der Waals surface area contributed by atoms with Crippen LogP contribution in [0, 0.1) is 0 Å². The summed E-state index contributed by atoms with van der Waals surface area (Å²) in [4.78, 5) is 16.2. The summed E-state index contributed by atoms with van der Waals surface area (Å²) in [5.74, 6) is 0.109. The summed E-state index contributed by atoms with van der Waals surface area (Å²) >= 11 is 1.56. The SMILES string of the molecule is COC(=O)c1ccc(NCc2cncs2)nn1. The minimum Gasteiger partial charge on any atom is -0.464 e. The fraction of sp³-hybridized carbons (Fsp3) is 0.200. The molecule has 17 heavy (non-hydrogen) atoms. The second-order valence-electron chi connectivity index (χ2n) is 3.12. The van der Waals surface area contributed by atoms with E-state index in [4.69, 9.17) is 0 Å². The van der Waals surface area contributed by atoms with Crippen molar-refractivity contribution in [3.8, 4) is 0 Å². The van der Waals surface area contributed by atoms with Gasteiger partial charge in [-0.1, -0.05) is 0 Å². The van der Waals surface area contributed by atoms with Crippen molar-refractivity contribution in [3.05, 3.63) is 34.4 Å². The highest BCUT2D eigenvalue weighted by molar-refractivity contribution is 7.09. The van der Waals surface area contributed by atoms with Crippen LogP contribution in [-0.4, -0.2) is 28.3 Å². The second-order valence-corrected chi connectivity index (χ2v) is 4.09. The Hall–Kier alpha value is -2.02. The third-order valence-electron chi connectivity index (χ3n) is 1.99. The summed E-state index contributed by atoms with van der Waals surface area (Å²) in [6.07, 6.45) is 1.79. The van der Waals surface area contributed by atoms with Crippen molar-refractivity contribution in [1.29, 1.82) is 0 Å². The molecule has 0 unspecified atom stereocenters. The number of esters is 1. The zero-order valence-corrected chi connectivity index (χ0v) is 9.90. The highest BCUT2D eigenvalue weighted by Gasteiger charge is 2.07. The molecule has 2 aromatic heterocycles. The van der Waals surface area contributed by atoms with Gasteiger partial charge in [0.25, 0.3) is 0 Å². The third kappa shape index (κ3) is 2.97. The zero-order valence-electron chi connectivity index (χ0n) is 9.08. The number of thiazole rings is 1. The van der Waals surface area contributed by atoms with Crippen molar-refractivity contribution in [3.63, 3.8) is 0 Å². The lowest BCUT2D eigenvalue weighted by Crippen LogP contribution is -2.07. The zero-order chi connectivity index (χ0) is 12.1. The molecule has 0 saturated carbocycles. The van der Waals surface area contributed by atoms with Crippen LogP contribution >= 0.6 is 11.3 Å². The lowest BCUT2D eigenvalue weighted by atomic mass is 10.4. The van der Waals surface area contributed by atoms with E-state index in [1.807, 2.05) is 0 Å². The summed E-state index contributed by atoms with van der Waals surface area (Å²) < 4.78 is 4.53. The average Bonchev–Trinajstić information content (AvgIpc) is 2.89.